The molecule has 1 saturated heterocycles. The van der Waals surface area contributed by atoms with Gasteiger partial charge in [0.05, 0.1) is 11.9 Å². The fourth-order valence-electron chi connectivity index (χ4n) is 3.64. The molecule has 1 atom stereocenters. The number of nitrogens with zero attached hydrogens (tertiary/aromatic N) is 2. The van der Waals surface area contributed by atoms with Gasteiger partial charge in [-0.3, -0.25) is 9.47 Å². The number of carboxylic acids is 1. The van der Waals surface area contributed by atoms with Crippen molar-refractivity contribution in [3.05, 3.63) is 39.7 Å². The number of hydrogen-bond acceptors (Lipinski definition) is 5. The van der Waals surface area contributed by atoms with Crippen LogP contribution in [0.2, 0.25) is 0 Å². The Hall–Kier alpha value is -2.89. The SMILES string of the molecule is CNn1cc(C(=O)O)c(=O)c2cc(F)c(N3CCC(CNCC(F)(F)F)C3)c(F)c21. The highest BCUT2D eigenvalue weighted by atomic mass is 19.4. The van der Waals surface area contributed by atoms with Gasteiger partial charge in [-0.05, 0) is 18.4 Å². The third-order valence-corrected chi connectivity index (χ3v) is 4.99. The average Bonchev–Trinajstić information content (AvgIpc) is 3.09. The Bertz CT molecular complexity index is 1040. The molecule has 1 unspecified atom stereocenters. The molecule has 0 radical (unpaired) electrons. The zero-order valence-corrected chi connectivity index (χ0v) is 15.8. The van der Waals surface area contributed by atoms with E-state index >= 15 is 4.39 Å². The molecule has 1 aliphatic rings. The molecular weight excluding hydrogens is 415 g/mol. The average molecular weight is 434 g/mol. The number of aromatic carboxylic acids is 1. The summed E-state index contributed by atoms with van der Waals surface area (Å²) in [5.74, 6) is -3.89. The molecule has 7 nitrogen and oxygen atoms in total. The van der Waals surface area contributed by atoms with E-state index in [2.05, 4.69) is 10.7 Å². The molecule has 30 heavy (non-hydrogen) atoms. The van der Waals surface area contributed by atoms with Crippen LogP contribution in [-0.2, 0) is 0 Å². The van der Waals surface area contributed by atoms with E-state index in [-0.39, 0.29) is 31.1 Å². The van der Waals surface area contributed by atoms with Crippen molar-refractivity contribution in [2.45, 2.75) is 12.6 Å². The second-order valence-electron chi connectivity index (χ2n) is 7.03. The molecule has 3 rings (SSSR count). The predicted molar refractivity (Wildman–Crippen MR) is 99.6 cm³/mol. The molecular formula is C18H19F5N4O3. The van der Waals surface area contributed by atoms with Crippen LogP contribution >= 0.6 is 0 Å². The van der Waals surface area contributed by atoms with Crippen molar-refractivity contribution in [3.63, 3.8) is 0 Å². The number of carbonyl (C=O) groups is 1. The smallest absolute Gasteiger partial charge is 0.401 e. The van der Waals surface area contributed by atoms with Gasteiger partial charge < -0.3 is 20.7 Å². The number of hydrogen-bond donors (Lipinski definition) is 3. The van der Waals surface area contributed by atoms with Crippen molar-refractivity contribution >= 4 is 22.6 Å². The minimum absolute atomic E-state index is 0.0377. The summed E-state index contributed by atoms with van der Waals surface area (Å²) >= 11 is 0. The molecule has 1 aliphatic heterocycles. The van der Waals surface area contributed by atoms with E-state index in [9.17, 15) is 27.2 Å². The van der Waals surface area contributed by atoms with Crippen LogP contribution < -0.4 is 21.1 Å². The van der Waals surface area contributed by atoms with Gasteiger partial charge in [-0.2, -0.15) is 13.2 Å². The topological polar surface area (TPSA) is 86.6 Å². The number of nitrogens with one attached hydrogen (secondary N) is 2. The van der Waals surface area contributed by atoms with Crippen LogP contribution in [0.3, 0.4) is 0 Å². The maximum absolute atomic E-state index is 15.3. The number of alkyl halides is 3. The number of rotatable bonds is 6. The first-order chi connectivity index (χ1) is 14.0. The van der Waals surface area contributed by atoms with Gasteiger partial charge in [0.1, 0.15) is 22.6 Å². The second-order valence-corrected chi connectivity index (χ2v) is 7.03. The summed E-state index contributed by atoms with van der Waals surface area (Å²) in [6, 6.07) is 0.783. The van der Waals surface area contributed by atoms with E-state index in [1.54, 1.807) is 0 Å². The number of carboxylic acid groups (broad SMARTS) is 1. The van der Waals surface area contributed by atoms with Crippen molar-refractivity contribution in [1.82, 2.24) is 9.99 Å². The molecule has 0 aliphatic carbocycles. The van der Waals surface area contributed by atoms with Gasteiger partial charge in [-0.25, -0.2) is 13.6 Å². The molecule has 0 saturated carbocycles. The Morgan fingerprint density at radius 3 is 2.63 bits per heavy atom. The summed E-state index contributed by atoms with van der Waals surface area (Å²) < 4.78 is 67.8. The third kappa shape index (κ3) is 4.18. The zero-order valence-electron chi connectivity index (χ0n) is 15.8. The zero-order chi connectivity index (χ0) is 22.2. The lowest BCUT2D eigenvalue weighted by atomic mass is 10.1. The highest BCUT2D eigenvalue weighted by molar-refractivity contribution is 5.94. The highest BCUT2D eigenvalue weighted by Gasteiger charge is 2.31. The van der Waals surface area contributed by atoms with Crippen LogP contribution in [0, 0.1) is 17.6 Å². The Balaban J connectivity index is 1.95. The van der Waals surface area contributed by atoms with Crippen molar-refractivity contribution in [1.29, 1.82) is 0 Å². The lowest BCUT2D eigenvalue weighted by molar-refractivity contribution is -0.125. The van der Waals surface area contributed by atoms with Crippen LogP contribution in [-0.4, -0.2) is 55.2 Å². The molecule has 1 aromatic heterocycles. The maximum atomic E-state index is 15.3. The van der Waals surface area contributed by atoms with E-state index in [1.807, 2.05) is 0 Å². The fraction of sp³-hybridized carbons (Fsp3) is 0.444. The Kier molecular flexibility index (Phi) is 5.88. The molecule has 0 amide bonds. The summed E-state index contributed by atoms with van der Waals surface area (Å²) in [7, 11) is 1.37. The van der Waals surface area contributed by atoms with Gasteiger partial charge in [0, 0.05) is 32.9 Å². The van der Waals surface area contributed by atoms with Crippen LogP contribution in [0.15, 0.2) is 17.1 Å². The number of anilines is 1. The summed E-state index contributed by atoms with van der Waals surface area (Å²) in [5, 5.41) is 11.0. The van der Waals surface area contributed by atoms with Crippen LogP contribution in [0.4, 0.5) is 27.6 Å². The van der Waals surface area contributed by atoms with Gasteiger partial charge in [0.25, 0.3) is 0 Å². The molecule has 1 fully saturated rings. The molecule has 12 heteroatoms. The van der Waals surface area contributed by atoms with Gasteiger partial charge in [0.2, 0.25) is 5.43 Å². The largest absolute Gasteiger partial charge is 0.477 e. The predicted octanol–water partition coefficient (Wildman–Crippen LogP) is 2.13. The standard InChI is InChI=1S/C18H19F5N4O3/c1-24-27-7-11(17(29)30)16(28)10-4-12(19)15(13(20)14(10)27)26-3-2-9(6-26)5-25-8-18(21,22)23/h4,7,9,24-25H,2-3,5-6,8H2,1H3,(H,29,30). The van der Waals surface area contributed by atoms with Gasteiger partial charge in [-0.1, -0.05) is 0 Å². The van der Waals surface area contributed by atoms with Crippen molar-refractivity contribution in [2.24, 2.45) is 5.92 Å². The number of benzene rings is 1. The van der Waals surface area contributed by atoms with Crippen molar-refractivity contribution in [3.8, 4) is 0 Å². The Morgan fingerprint density at radius 1 is 1.33 bits per heavy atom. The van der Waals surface area contributed by atoms with E-state index < -0.39 is 52.4 Å². The van der Waals surface area contributed by atoms with E-state index in [0.29, 0.717) is 6.42 Å². The minimum atomic E-state index is -4.35. The molecule has 3 N–H and O–H groups in total. The van der Waals surface area contributed by atoms with Gasteiger partial charge in [-0.15, -0.1) is 0 Å². The lowest BCUT2D eigenvalue weighted by Gasteiger charge is -2.22. The quantitative estimate of drug-likeness (QED) is 0.604. The van der Waals surface area contributed by atoms with Crippen LogP contribution in [0.5, 0.6) is 0 Å². The first kappa shape index (κ1) is 21.8. The fourth-order valence-corrected chi connectivity index (χ4v) is 3.64. The van der Waals surface area contributed by atoms with Crippen molar-refractivity contribution in [2.75, 3.05) is 43.6 Å². The van der Waals surface area contributed by atoms with Crippen LogP contribution in [0.1, 0.15) is 16.8 Å². The summed E-state index contributed by atoms with van der Waals surface area (Å²) in [6.07, 6.45) is -3.01. The number of pyridine rings is 1. The number of aromatic nitrogens is 1. The summed E-state index contributed by atoms with van der Waals surface area (Å²) in [6.45, 7) is -0.769. The first-order valence-corrected chi connectivity index (χ1v) is 9.04. The Labute approximate surface area is 167 Å². The second kappa shape index (κ2) is 8.09. The summed E-state index contributed by atoms with van der Waals surface area (Å²) in [5.41, 5.74) is 0.135. The molecule has 1 aromatic carbocycles. The maximum Gasteiger partial charge on any atom is 0.401 e. The molecule has 164 valence electrons. The minimum Gasteiger partial charge on any atom is -0.477 e. The van der Waals surface area contributed by atoms with E-state index in [4.69, 9.17) is 5.11 Å². The lowest BCUT2D eigenvalue weighted by Crippen LogP contribution is -2.33. The number of fused-ring (bicyclic) bond motifs is 1. The van der Waals surface area contributed by atoms with E-state index in [0.717, 1.165) is 16.9 Å². The highest BCUT2D eigenvalue weighted by Crippen LogP contribution is 2.33. The van der Waals surface area contributed by atoms with Crippen molar-refractivity contribution < 1.29 is 31.9 Å². The molecule has 0 bridgehead atoms. The van der Waals surface area contributed by atoms with E-state index in [1.165, 1.54) is 11.9 Å². The molecule has 2 aromatic rings. The number of halogens is 5. The Morgan fingerprint density at radius 2 is 2.03 bits per heavy atom. The normalized spacial score (nSPS) is 17.0. The first-order valence-electron chi connectivity index (χ1n) is 9.04. The monoisotopic (exact) mass is 434 g/mol. The summed E-state index contributed by atoms with van der Waals surface area (Å²) in [4.78, 5) is 25.0. The van der Waals surface area contributed by atoms with Gasteiger partial charge >= 0.3 is 12.1 Å². The van der Waals surface area contributed by atoms with Gasteiger partial charge in [0.15, 0.2) is 5.82 Å². The third-order valence-electron chi connectivity index (χ3n) is 4.99. The van der Waals surface area contributed by atoms with Crippen LogP contribution in [0.25, 0.3) is 10.9 Å². The molecule has 2 heterocycles. The molecule has 0 spiro atoms.